The number of benzene rings is 2. The standard InChI is InChI=1S/C22H21F3N4O3/c1-32-16-4-2-3-14(9-16)28-19-7-8-29(21(19)31)15-5-6-17(13-11-26-27-12-13)18(10-15)20(30)22(23,24)25/h2-6,9-12,19-20,28,30H,7-8H2,1H3,(H,26,27). The lowest BCUT2D eigenvalue weighted by atomic mass is 9.97. The Morgan fingerprint density at radius 3 is 2.78 bits per heavy atom. The van der Waals surface area contributed by atoms with Gasteiger partial charge in [0, 0.05) is 35.7 Å². The SMILES string of the molecule is COc1cccc(NC2CCN(c3ccc(-c4cn[nH]c4)c(C(O)C(F)(F)F)c3)C2=O)c1. The van der Waals surface area contributed by atoms with Gasteiger partial charge in [-0.15, -0.1) is 0 Å². The molecule has 3 N–H and O–H groups in total. The number of anilines is 2. The number of hydrogen-bond acceptors (Lipinski definition) is 5. The fraction of sp³-hybridized carbons (Fsp3) is 0.273. The highest BCUT2D eigenvalue weighted by Gasteiger charge is 2.41. The lowest BCUT2D eigenvalue weighted by molar-refractivity contribution is -0.206. The van der Waals surface area contributed by atoms with E-state index < -0.39 is 18.3 Å². The number of aromatic amines is 1. The van der Waals surface area contributed by atoms with Crippen molar-refractivity contribution in [3.05, 3.63) is 60.4 Å². The van der Waals surface area contributed by atoms with E-state index in [-0.39, 0.29) is 22.7 Å². The van der Waals surface area contributed by atoms with Crippen molar-refractivity contribution in [3.8, 4) is 16.9 Å². The number of carbonyl (C=O) groups is 1. The minimum Gasteiger partial charge on any atom is -0.497 e. The number of nitrogens with zero attached hydrogens (tertiary/aromatic N) is 2. The summed E-state index contributed by atoms with van der Waals surface area (Å²) in [6, 6.07) is 10.8. The number of rotatable bonds is 6. The predicted molar refractivity (Wildman–Crippen MR) is 112 cm³/mol. The van der Waals surface area contributed by atoms with Crippen LogP contribution in [-0.2, 0) is 4.79 Å². The van der Waals surface area contributed by atoms with Crippen molar-refractivity contribution in [2.45, 2.75) is 24.7 Å². The van der Waals surface area contributed by atoms with Gasteiger partial charge in [-0.1, -0.05) is 12.1 Å². The van der Waals surface area contributed by atoms with Gasteiger partial charge in [0.1, 0.15) is 11.8 Å². The normalized spacial score (nSPS) is 17.5. The maximum absolute atomic E-state index is 13.3. The Kier molecular flexibility index (Phi) is 5.79. The number of ether oxygens (including phenoxy) is 1. The van der Waals surface area contributed by atoms with Crippen molar-refractivity contribution in [3.63, 3.8) is 0 Å². The van der Waals surface area contributed by atoms with Crippen LogP contribution in [0.5, 0.6) is 5.75 Å². The number of hydrogen-bond donors (Lipinski definition) is 3. The zero-order valence-corrected chi connectivity index (χ0v) is 17.1. The summed E-state index contributed by atoms with van der Waals surface area (Å²) in [5.74, 6) is 0.370. The van der Waals surface area contributed by atoms with Crippen LogP contribution < -0.4 is 15.0 Å². The van der Waals surface area contributed by atoms with E-state index >= 15 is 0 Å². The number of carbonyl (C=O) groups excluding carboxylic acids is 1. The molecule has 168 valence electrons. The van der Waals surface area contributed by atoms with E-state index in [4.69, 9.17) is 4.74 Å². The third kappa shape index (κ3) is 4.26. The fourth-order valence-electron chi connectivity index (χ4n) is 3.77. The van der Waals surface area contributed by atoms with E-state index in [0.29, 0.717) is 30.0 Å². The molecular weight excluding hydrogens is 425 g/mol. The van der Waals surface area contributed by atoms with Crippen LogP contribution in [-0.4, -0.2) is 47.1 Å². The molecule has 1 aromatic heterocycles. The number of aliphatic hydroxyl groups is 1. The lowest BCUT2D eigenvalue weighted by Gasteiger charge is -2.22. The fourth-order valence-corrected chi connectivity index (χ4v) is 3.77. The van der Waals surface area contributed by atoms with E-state index in [9.17, 15) is 23.1 Å². The van der Waals surface area contributed by atoms with Crippen LogP contribution in [0.25, 0.3) is 11.1 Å². The number of aromatic nitrogens is 2. The van der Waals surface area contributed by atoms with E-state index in [0.717, 1.165) is 0 Å². The highest BCUT2D eigenvalue weighted by molar-refractivity contribution is 6.01. The summed E-state index contributed by atoms with van der Waals surface area (Å²) in [7, 11) is 1.54. The minimum atomic E-state index is -4.86. The largest absolute Gasteiger partial charge is 0.497 e. The van der Waals surface area contributed by atoms with Gasteiger partial charge in [0.15, 0.2) is 6.10 Å². The molecule has 2 atom stereocenters. The van der Waals surface area contributed by atoms with Crippen molar-refractivity contribution >= 4 is 17.3 Å². The van der Waals surface area contributed by atoms with Gasteiger partial charge in [-0.25, -0.2) is 0 Å². The zero-order valence-electron chi connectivity index (χ0n) is 17.1. The summed E-state index contributed by atoms with van der Waals surface area (Å²) in [5.41, 5.74) is 1.24. The van der Waals surface area contributed by atoms with Gasteiger partial charge in [-0.3, -0.25) is 9.89 Å². The maximum Gasteiger partial charge on any atom is 0.418 e. The number of methoxy groups -OCH3 is 1. The number of amides is 1. The quantitative estimate of drug-likeness (QED) is 0.534. The second kappa shape index (κ2) is 8.54. The number of halogens is 3. The van der Waals surface area contributed by atoms with Crippen molar-refractivity contribution < 1.29 is 27.8 Å². The molecule has 1 fully saturated rings. The van der Waals surface area contributed by atoms with Crippen LogP contribution in [0.2, 0.25) is 0 Å². The Balaban J connectivity index is 1.61. The van der Waals surface area contributed by atoms with Gasteiger partial charge >= 0.3 is 6.18 Å². The molecule has 0 bridgehead atoms. The molecule has 1 aliphatic rings. The first-order valence-electron chi connectivity index (χ1n) is 9.88. The van der Waals surface area contributed by atoms with Crippen LogP contribution in [0.15, 0.2) is 54.9 Å². The molecule has 2 aromatic carbocycles. The first kappa shape index (κ1) is 21.7. The van der Waals surface area contributed by atoms with Gasteiger partial charge in [-0.2, -0.15) is 18.3 Å². The average molecular weight is 446 g/mol. The number of aliphatic hydroxyl groups excluding tert-OH is 1. The monoisotopic (exact) mass is 446 g/mol. The van der Waals surface area contributed by atoms with Crippen molar-refractivity contribution in [2.24, 2.45) is 0 Å². The van der Waals surface area contributed by atoms with E-state index in [1.54, 1.807) is 37.4 Å². The van der Waals surface area contributed by atoms with Crippen molar-refractivity contribution in [1.82, 2.24) is 10.2 Å². The predicted octanol–water partition coefficient (Wildman–Crippen LogP) is 3.90. The molecule has 0 radical (unpaired) electrons. The molecule has 4 rings (SSSR count). The Labute approximate surface area is 181 Å². The molecule has 0 saturated carbocycles. The summed E-state index contributed by atoms with van der Waals surface area (Å²) in [4.78, 5) is 14.4. The molecule has 1 amide bonds. The Hall–Kier alpha value is -3.53. The molecule has 1 saturated heterocycles. The highest BCUT2D eigenvalue weighted by atomic mass is 19.4. The molecular formula is C22H21F3N4O3. The van der Waals surface area contributed by atoms with E-state index in [2.05, 4.69) is 15.5 Å². The van der Waals surface area contributed by atoms with Crippen molar-refractivity contribution in [1.29, 1.82) is 0 Å². The smallest absolute Gasteiger partial charge is 0.418 e. The lowest BCUT2D eigenvalue weighted by Crippen LogP contribution is -2.33. The summed E-state index contributed by atoms with van der Waals surface area (Å²) in [6.45, 7) is 0.326. The molecule has 32 heavy (non-hydrogen) atoms. The van der Waals surface area contributed by atoms with Gasteiger partial charge < -0.3 is 20.1 Å². The molecule has 2 heterocycles. The third-order valence-electron chi connectivity index (χ3n) is 5.38. The molecule has 7 nitrogen and oxygen atoms in total. The topological polar surface area (TPSA) is 90.5 Å². The highest BCUT2D eigenvalue weighted by Crippen LogP contribution is 2.40. The Bertz CT molecular complexity index is 1100. The van der Waals surface area contributed by atoms with E-state index in [1.165, 1.54) is 29.4 Å². The Morgan fingerprint density at radius 1 is 1.28 bits per heavy atom. The summed E-state index contributed by atoms with van der Waals surface area (Å²) < 4.78 is 45.2. The van der Waals surface area contributed by atoms with Gasteiger partial charge in [0.05, 0.1) is 13.3 Å². The van der Waals surface area contributed by atoms with Gasteiger partial charge in [0.2, 0.25) is 5.91 Å². The molecule has 0 aliphatic carbocycles. The van der Waals surface area contributed by atoms with Gasteiger partial charge in [-0.05, 0) is 41.8 Å². The first-order chi connectivity index (χ1) is 15.3. The van der Waals surface area contributed by atoms with Crippen LogP contribution in [0.3, 0.4) is 0 Å². The number of alkyl halides is 3. The Morgan fingerprint density at radius 2 is 2.09 bits per heavy atom. The molecule has 3 aromatic rings. The van der Waals surface area contributed by atoms with Crippen LogP contribution >= 0.6 is 0 Å². The number of H-pyrrole nitrogens is 1. The maximum atomic E-state index is 13.3. The second-order valence-corrected chi connectivity index (χ2v) is 7.41. The summed E-state index contributed by atoms with van der Waals surface area (Å²) >= 11 is 0. The average Bonchev–Trinajstić information content (AvgIpc) is 3.43. The third-order valence-corrected chi connectivity index (χ3v) is 5.38. The second-order valence-electron chi connectivity index (χ2n) is 7.41. The molecule has 0 spiro atoms. The first-order valence-corrected chi connectivity index (χ1v) is 9.88. The minimum absolute atomic E-state index is 0.185. The van der Waals surface area contributed by atoms with Crippen LogP contribution in [0.1, 0.15) is 18.1 Å². The summed E-state index contributed by atoms with van der Waals surface area (Å²) in [5, 5.41) is 19.4. The van der Waals surface area contributed by atoms with E-state index in [1.807, 2.05) is 0 Å². The summed E-state index contributed by atoms with van der Waals surface area (Å²) in [6.07, 6.45) is -4.28. The van der Waals surface area contributed by atoms with Crippen molar-refractivity contribution in [2.75, 3.05) is 23.9 Å². The number of nitrogens with one attached hydrogen (secondary N) is 2. The molecule has 1 aliphatic heterocycles. The molecule has 10 heteroatoms. The molecule has 2 unspecified atom stereocenters. The zero-order chi connectivity index (χ0) is 22.9. The van der Waals surface area contributed by atoms with Crippen LogP contribution in [0.4, 0.5) is 24.5 Å². The van der Waals surface area contributed by atoms with Crippen LogP contribution in [0, 0.1) is 0 Å². The van der Waals surface area contributed by atoms with Gasteiger partial charge in [0.25, 0.3) is 0 Å².